The number of aromatic amines is 1. The van der Waals surface area contributed by atoms with Crippen LogP contribution in [0, 0.1) is 6.92 Å². The van der Waals surface area contributed by atoms with Gasteiger partial charge in [-0.25, -0.2) is 0 Å². The molecule has 0 radical (unpaired) electrons. The lowest BCUT2D eigenvalue weighted by Crippen LogP contribution is -2.47. The van der Waals surface area contributed by atoms with Gasteiger partial charge in [0.2, 0.25) is 5.78 Å². The van der Waals surface area contributed by atoms with Gasteiger partial charge in [0, 0.05) is 56.3 Å². The van der Waals surface area contributed by atoms with Crippen LogP contribution in [0.1, 0.15) is 26.4 Å². The van der Waals surface area contributed by atoms with Gasteiger partial charge >= 0.3 is 0 Å². The number of aromatic nitrogens is 1. The van der Waals surface area contributed by atoms with Gasteiger partial charge in [0.25, 0.3) is 5.91 Å². The second kappa shape index (κ2) is 11.8. The van der Waals surface area contributed by atoms with Crippen molar-refractivity contribution in [2.45, 2.75) is 6.92 Å². The first-order valence-electron chi connectivity index (χ1n) is 8.63. The highest BCUT2D eigenvalue weighted by Gasteiger charge is 2.19. The Balaban J connectivity index is 0.000000265. The van der Waals surface area contributed by atoms with Crippen molar-refractivity contribution in [1.29, 1.82) is 0 Å². The Morgan fingerprint density at radius 3 is 2.11 bits per heavy atom. The third-order valence-electron chi connectivity index (χ3n) is 4.03. The van der Waals surface area contributed by atoms with Gasteiger partial charge in [-0.05, 0) is 32.2 Å². The highest BCUT2D eigenvalue weighted by atomic mass is 16.2. The van der Waals surface area contributed by atoms with E-state index in [2.05, 4.69) is 16.9 Å². The smallest absolute Gasteiger partial charge is 0.253 e. The first-order valence-corrected chi connectivity index (χ1v) is 8.63. The van der Waals surface area contributed by atoms with Gasteiger partial charge in [-0.15, -0.1) is 0 Å². The third kappa shape index (κ3) is 7.16. The van der Waals surface area contributed by atoms with Gasteiger partial charge in [-0.1, -0.05) is 18.2 Å². The van der Waals surface area contributed by atoms with E-state index in [4.69, 9.17) is 5.11 Å². The summed E-state index contributed by atoms with van der Waals surface area (Å²) in [6.07, 6.45) is 1.83. The molecule has 0 unspecified atom stereocenters. The molecule has 1 aromatic heterocycles. The number of Topliss-reactive ketones (excluding diaryl/α,β-unsaturated/α-hetero) is 1. The molecule has 1 amide bonds. The molecule has 0 bridgehead atoms. The summed E-state index contributed by atoms with van der Waals surface area (Å²) < 4.78 is 0. The fraction of sp³-hybridized carbons (Fsp3) is 0.350. The standard InChI is InChI=1S/C12H16N2O.C7H7NO2.CH4O/c1-13-7-9-14(10-8-13)12(15)11-5-3-2-4-6-11;1-5-2-6(3-8-5)7(10)4-9;1-2/h2-6H,7-10H2,1H3;2-4,8H,1H3;2H,1H3. The normalized spacial score (nSPS) is 13.6. The molecule has 3 rings (SSSR count). The molecule has 146 valence electrons. The molecular formula is C20H27N3O4. The summed E-state index contributed by atoms with van der Waals surface area (Å²) in [5.41, 5.74) is 2.10. The van der Waals surface area contributed by atoms with E-state index in [9.17, 15) is 14.4 Å². The lowest BCUT2D eigenvalue weighted by Gasteiger charge is -2.32. The van der Waals surface area contributed by atoms with Gasteiger partial charge in [0.05, 0.1) is 0 Å². The number of aliphatic hydroxyl groups excluding tert-OH is 1. The molecule has 7 heteroatoms. The molecule has 0 atom stereocenters. The van der Waals surface area contributed by atoms with Crippen LogP contribution in [0.4, 0.5) is 0 Å². The minimum Gasteiger partial charge on any atom is -0.400 e. The van der Waals surface area contributed by atoms with Crippen LogP contribution >= 0.6 is 0 Å². The van der Waals surface area contributed by atoms with Crippen molar-refractivity contribution in [1.82, 2.24) is 14.8 Å². The number of H-pyrrole nitrogens is 1. The van der Waals surface area contributed by atoms with Gasteiger partial charge in [0.15, 0.2) is 6.29 Å². The SMILES string of the molecule is CN1CCN(C(=O)c2ccccc2)CC1.CO.Cc1cc(C(=O)C=O)c[nH]1. The van der Waals surface area contributed by atoms with Crippen molar-refractivity contribution in [2.75, 3.05) is 40.3 Å². The number of aliphatic hydroxyl groups is 1. The molecule has 7 nitrogen and oxygen atoms in total. The number of amides is 1. The van der Waals surface area contributed by atoms with Gasteiger partial charge in [0.1, 0.15) is 0 Å². The topological polar surface area (TPSA) is 93.7 Å². The summed E-state index contributed by atoms with van der Waals surface area (Å²) in [5, 5.41) is 7.00. The second-order valence-corrected chi connectivity index (χ2v) is 6.01. The first-order chi connectivity index (χ1) is 13.0. The lowest BCUT2D eigenvalue weighted by molar-refractivity contribution is -0.104. The average molecular weight is 373 g/mol. The zero-order valence-corrected chi connectivity index (χ0v) is 16.0. The van der Waals surface area contributed by atoms with Crippen LogP contribution in [-0.4, -0.2) is 78.2 Å². The second-order valence-electron chi connectivity index (χ2n) is 6.01. The Morgan fingerprint density at radius 2 is 1.63 bits per heavy atom. The van der Waals surface area contributed by atoms with E-state index in [0.717, 1.165) is 44.5 Å². The third-order valence-corrected chi connectivity index (χ3v) is 4.03. The molecule has 1 fully saturated rings. The van der Waals surface area contributed by atoms with Crippen LogP contribution in [0.25, 0.3) is 0 Å². The number of carbonyl (C=O) groups excluding carboxylic acids is 3. The molecule has 2 aromatic rings. The molecule has 0 aliphatic carbocycles. The lowest BCUT2D eigenvalue weighted by atomic mass is 10.2. The van der Waals surface area contributed by atoms with Crippen LogP contribution < -0.4 is 0 Å². The fourth-order valence-corrected chi connectivity index (χ4v) is 2.49. The minimum atomic E-state index is -0.482. The number of nitrogens with zero attached hydrogens (tertiary/aromatic N) is 2. The summed E-state index contributed by atoms with van der Waals surface area (Å²) in [6, 6.07) is 11.1. The van der Waals surface area contributed by atoms with Crippen molar-refractivity contribution in [2.24, 2.45) is 0 Å². The molecule has 2 heterocycles. The van der Waals surface area contributed by atoms with Gasteiger partial charge < -0.3 is 19.9 Å². The molecule has 1 aliphatic heterocycles. The van der Waals surface area contributed by atoms with Crippen LogP contribution in [0.2, 0.25) is 0 Å². The number of aldehydes is 1. The maximum Gasteiger partial charge on any atom is 0.253 e. The van der Waals surface area contributed by atoms with Crippen molar-refractivity contribution in [3.8, 4) is 0 Å². The number of likely N-dealkylation sites (N-methyl/N-ethyl adjacent to an activating group) is 1. The van der Waals surface area contributed by atoms with Crippen LogP contribution in [0.15, 0.2) is 42.6 Å². The van der Waals surface area contributed by atoms with Crippen molar-refractivity contribution < 1.29 is 19.5 Å². The molecule has 27 heavy (non-hydrogen) atoms. The number of hydrogen-bond donors (Lipinski definition) is 2. The predicted octanol–water partition coefficient (Wildman–Crippen LogP) is 1.39. The van der Waals surface area contributed by atoms with Crippen LogP contribution in [0.3, 0.4) is 0 Å². The Kier molecular flexibility index (Phi) is 9.71. The highest BCUT2D eigenvalue weighted by molar-refractivity contribution is 6.33. The molecular weight excluding hydrogens is 346 g/mol. The van der Waals surface area contributed by atoms with E-state index < -0.39 is 5.78 Å². The Bertz CT molecular complexity index is 720. The van der Waals surface area contributed by atoms with E-state index in [1.807, 2.05) is 42.2 Å². The first kappa shape index (κ1) is 22.3. The Morgan fingerprint density at radius 1 is 1.04 bits per heavy atom. The summed E-state index contributed by atoms with van der Waals surface area (Å²) in [7, 11) is 3.09. The Hall–Kier alpha value is -2.77. The minimum absolute atomic E-state index is 0.156. The highest BCUT2D eigenvalue weighted by Crippen LogP contribution is 2.07. The Labute approximate surface area is 159 Å². The molecule has 0 saturated carbocycles. The summed E-state index contributed by atoms with van der Waals surface area (Å²) in [4.78, 5) is 39.6. The van der Waals surface area contributed by atoms with E-state index in [1.54, 1.807) is 6.07 Å². The van der Waals surface area contributed by atoms with Crippen LogP contribution in [0.5, 0.6) is 0 Å². The van der Waals surface area contributed by atoms with Crippen molar-refractivity contribution >= 4 is 18.0 Å². The number of hydrogen-bond acceptors (Lipinski definition) is 5. The number of nitrogens with one attached hydrogen (secondary N) is 1. The number of carbonyl (C=O) groups is 3. The number of ketones is 1. The molecule has 0 spiro atoms. The van der Waals surface area contributed by atoms with Gasteiger partial charge in [-0.3, -0.25) is 14.4 Å². The number of piperazine rings is 1. The number of rotatable bonds is 3. The molecule has 2 N–H and O–H groups in total. The quantitative estimate of drug-likeness (QED) is 0.482. The number of benzene rings is 1. The van der Waals surface area contributed by atoms with E-state index in [-0.39, 0.29) is 5.91 Å². The summed E-state index contributed by atoms with van der Waals surface area (Å²) >= 11 is 0. The fourth-order valence-electron chi connectivity index (χ4n) is 2.49. The van der Waals surface area contributed by atoms with E-state index in [1.165, 1.54) is 6.20 Å². The average Bonchev–Trinajstić information content (AvgIpc) is 3.16. The van der Waals surface area contributed by atoms with Crippen molar-refractivity contribution in [3.63, 3.8) is 0 Å². The summed E-state index contributed by atoms with van der Waals surface area (Å²) in [5.74, 6) is -0.326. The van der Waals surface area contributed by atoms with Crippen LogP contribution in [-0.2, 0) is 4.79 Å². The molecule has 1 aliphatic rings. The monoisotopic (exact) mass is 373 g/mol. The zero-order chi connectivity index (χ0) is 20.2. The molecule has 1 saturated heterocycles. The maximum absolute atomic E-state index is 12.0. The zero-order valence-electron chi connectivity index (χ0n) is 16.0. The number of aryl methyl sites for hydroxylation is 1. The maximum atomic E-state index is 12.0. The molecule has 1 aromatic carbocycles. The summed E-state index contributed by atoms with van der Waals surface area (Å²) in [6.45, 7) is 5.44. The van der Waals surface area contributed by atoms with E-state index >= 15 is 0 Å². The van der Waals surface area contributed by atoms with E-state index in [0.29, 0.717) is 11.8 Å². The van der Waals surface area contributed by atoms with Crippen molar-refractivity contribution in [3.05, 3.63) is 59.4 Å². The largest absolute Gasteiger partial charge is 0.400 e. The predicted molar refractivity (Wildman–Crippen MR) is 104 cm³/mol. The van der Waals surface area contributed by atoms with Gasteiger partial charge in [-0.2, -0.15) is 0 Å².